The van der Waals surface area contributed by atoms with Gasteiger partial charge in [0.25, 0.3) is 0 Å². The van der Waals surface area contributed by atoms with Gasteiger partial charge in [-0.15, -0.1) is 0 Å². The summed E-state index contributed by atoms with van der Waals surface area (Å²) in [5.74, 6) is 0.00693. The van der Waals surface area contributed by atoms with Gasteiger partial charge in [0.05, 0.1) is 0 Å². The average Bonchev–Trinajstić information content (AvgIpc) is 2.70. The number of aromatic nitrogens is 1. The first-order chi connectivity index (χ1) is 9.99. The Morgan fingerprint density at radius 2 is 2.10 bits per heavy atom. The number of carbonyl (C=O) groups is 1. The molecule has 0 saturated carbocycles. The Kier molecular flexibility index (Phi) is 3.28. The maximum atomic E-state index is 11.6. The molecule has 1 aliphatic rings. The molecule has 3 heteroatoms. The van der Waals surface area contributed by atoms with Crippen LogP contribution in [0.25, 0.3) is 0 Å². The summed E-state index contributed by atoms with van der Waals surface area (Å²) < 4.78 is 0. The van der Waals surface area contributed by atoms with E-state index in [4.69, 9.17) is 5.73 Å². The monoisotopic (exact) mass is 280 g/mol. The van der Waals surface area contributed by atoms with Gasteiger partial charge in [-0.3, -0.25) is 9.78 Å². The zero-order valence-electron chi connectivity index (χ0n) is 12.5. The molecule has 2 N–H and O–H groups in total. The lowest BCUT2D eigenvalue weighted by molar-refractivity contribution is 0.0999. The predicted octanol–water partition coefficient (Wildman–Crippen LogP) is 3.09. The van der Waals surface area contributed by atoms with Gasteiger partial charge in [-0.1, -0.05) is 38.1 Å². The fourth-order valence-electron chi connectivity index (χ4n) is 3.51. The van der Waals surface area contributed by atoms with Crippen molar-refractivity contribution in [3.8, 4) is 0 Å². The van der Waals surface area contributed by atoms with E-state index in [2.05, 4.69) is 43.1 Å². The highest BCUT2D eigenvalue weighted by molar-refractivity contribution is 5.94. The minimum absolute atomic E-state index is 0.175. The van der Waals surface area contributed by atoms with Crippen LogP contribution in [0.3, 0.4) is 0 Å². The molecule has 0 bridgehead atoms. The van der Waals surface area contributed by atoms with Crippen LogP contribution < -0.4 is 5.73 Å². The number of amides is 1. The van der Waals surface area contributed by atoms with Crippen LogP contribution in [0, 0.1) is 5.41 Å². The number of rotatable bonds is 3. The first-order valence-electron chi connectivity index (χ1n) is 7.29. The molecule has 3 nitrogen and oxygen atoms in total. The SMILES string of the molecule is CC1(C)Cc2ccccc2C1Cc1cnccc1C(N)=O. The Labute approximate surface area is 125 Å². The summed E-state index contributed by atoms with van der Waals surface area (Å²) in [4.78, 5) is 15.8. The number of primary amides is 1. The molecule has 0 fully saturated rings. The summed E-state index contributed by atoms with van der Waals surface area (Å²) >= 11 is 0. The Hall–Kier alpha value is -2.16. The number of benzene rings is 1. The van der Waals surface area contributed by atoms with Crippen LogP contribution in [-0.4, -0.2) is 10.9 Å². The number of nitrogens with two attached hydrogens (primary N) is 1. The molecule has 0 saturated heterocycles. The Bertz CT molecular complexity index is 691. The van der Waals surface area contributed by atoms with Crippen molar-refractivity contribution in [3.63, 3.8) is 0 Å². The number of hydrogen-bond acceptors (Lipinski definition) is 2. The van der Waals surface area contributed by atoms with Gasteiger partial charge in [0.15, 0.2) is 0 Å². The lowest BCUT2D eigenvalue weighted by atomic mass is 9.76. The molecule has 3 rings (SSSR count). The van der Waals surface area contributed by atoms with Crippen LogP contribution in [0.15, 0.2) is 42.7 Å². The number of fused-ring (bicyclic) bond motifs is 1. The quantitative estimate of drug-likeness (QED) is 0.939. The van der Waals surface area contributed by atoms with Crippen molar-refractivity contribution in [2.45, 2.75) is 32.6 Å². The van der Waals surface area contributed by atoms with Crippen molar-refractivity contribution in [2.24, 2.45) is 11.1 Å². The van der Waals surface area contributed by atoms with Crippen LogP contribution in [0.2, 0.25) is 0 Å². The molecule has 0 aliphatic heterocycles. The van der Waals surface area contributed by atoms with Crippen LogP contribution in [0.5, 0.6) is 0 Å². The highest BCUT2D eigenvalue weighted by Gasteiger charge is 2.38. The zero-order valence-corrected chi connectivity index (χ0v) is 12.5. The molecule has 1 aromatic heterocycles. The van der Waals surface area contributed by atoms with Crippen molar-refractivity contribution in [2.75, 3.05) is 0 Å². The summed E-state index contributed by atoms with van der Waals surface area (Å²) in [5, 5.41) is 0. The van der Waals surface area contributed by atoms with Crippen molar-refractivity contribution in [3.05, 3.63) is 65.0 Å². The number of hydrogen-bond donors (Lipinski definition) is 1. The lowest BCUT2D eigenvalue weighted by Crippen LogP contribution is -2.22. The van der Waals surface area contributed by atoms with Crippen molar-refractivity contribution >= 4 is 5.91 Å². The third-order valence-corrected chi connectivity index (χ3v) is 4.61. The predicted molar refractivity (Wildman–Crippen MR) is 83.1 cm³/mol. The minimum Gasteiger partial charge on any atom is -0.366 e. The van der Waals surface area contributed by atoms with Gasteiger partial charge in [0.2, 0.25) is 5.91 Å². The molecule has 0 radical (unpaired) electrons. The van der Waals surface area contributed by atoms with Crippen LogP contribution >= 0.6 is 0 Å². The van der Waals surface area contributed by atoms with E-state index in [-0.39, 0.29) is 11.3 Å². The molecule has 1 aliphatic carbocycles. The largest absolute Gasteiger partial charge is 0.366 e. The summed E-state index contributed by atoms with van der Waals surface area (Å²) in [5.41, 5.74) is 10.00. The van der Waals surface area contributed by atoms with E-state index in [1.54, 1.807) is 18.5 Å². The second-order valence-electron chi connectivity index (χ2n) is 6.52. The molecule has 0 spiro atoms. The molecule has 21 heavy (non-hydrogen) atoms. The third-order valence-electron chi connectivity index (χ3n) is 4.61. The Morgan fingerprint density at radius 1 is 1.33 bits per heavy atom. The molecular weight excluding hydrogens is 260 g/mol. The number of pyridine rings is 1. The van der Waals surface area contributed by atoms with Crippen LogP contribution in [0.4, 0.5) is 0 Å². The summed E-state index contributed by atoms with van der Waals surface area (Å²) in [6.45, 7) is 4.58. The standard InChI is InChI=1S/C18H20N2O/c1-18(2)10-12-5-3-4-6-14(12)16(18)9-13-11-20-8-7-15(13)17(19)21/h3-8,11,16H,9-10H2,1-2H3,(H2,19,21). The van der Waals surface area contributed by atoms with E-state index >= 15 is 0 Å². The zero-order chi connectivity index (χ0) is 15.0. The lowest BCUT2D eigenvalue weighted by Gasteiger charge is -2.28. The van der Waals surface area contributed by atoms with Gasteiger partial charge in [0, 0.05) is 18.0 Å². The summed E-state index contributed by atoms with van der Waals surface area (Å²) in [6, 6.07) is 10.3. The number of nitrogens with zero attached hydrogens (tertiary/aromatic N) is 1. The molecule has 1 unspecified atom stereocenters. The van der Waals surface area contributed by atoms with E-state index in [0.717, 1.165) is 18.4 Å². The van der Waals surface area contributed by atoms with E-state index in [1.807, 2.05) is 0 Å². The van der Waals surface area contributed by atoms with Crippen molar-refractivity contribution in [1.29, 1.82) is 0 Å². The van der Waals surface area contributed by atoms with E-state index in [1.165, 1.54) is 11.1 Å². The molecule has 108 valence electrons. The first-order valence-corrected chi connectivity index (χ1v) is 7.29. The summed E-state index contributed by atoms with van der Waals surface area (Å²) in [7, 11) is 0. The fourth-order valence-corrected chi connectivity index (χ4v) is 3.51. The maximum Gasteiger partial charge on any atom is 0.249 e. The van der Waals surface area contributed by atoms with E-state index in [9.17, 15) is 4.79 Å². The Balaban J connectivity index is 2.00. The van der Waals surface area contributed by atoms with E-state index < -0.39 is 0 Å². The number of carbonyl (C=O) groups excluding carboxylic acids is 1. The average molecular weight is 280 g/mol. The molecule has 1 amide bonds. The second kappa shape index (κ2) is 4.99. The van der Waals surface area contributed by atoms with Gasteiger partial charge in [-0.05, 0) is 46.9 Å². The maximum absolute atomic E-state index is 11.6. The minimum atomic E-state index is -0.378. The van der Waals surface area contributed by atoms with Gasteiger partial charge in [-0.2, -0.15) is 0 Å². The highest BCUT2D eigenvalue weighted by atomic mass is 16.1. The normalized spacial score (nSPS) is 19.2. The van der Waals surface area contributed by atoms with E-state index in [0.29, 0.717) is 11.5 Å². The third kappa shape index (κ3) is 2.44. The van der Waals surface area contributed by atoms with Crippen LogP contribution in [0.1, 0.15) is 46.8 Å². The molecule has 1 heterocycles. The molecule has 2 aromatic rings. The topological polar surface area (TPSA) is 56.0 Å². The van der Waals surface area contributed by atoms with Crippen LogP contribution in [-0.2, 0) is 12.8 Å². The van der Waals surface area contributed by atoms with Crippen molar-refractivity contribution in [1.82, 2.24) is 4.98 Å². The van der Waals surface area contributed by atoms with Gasteiger partial charge < -0.3 is 5.73 Å². The molecular formula is C18H20N2O. The summed E-state index contributed by atoms with van der Waals surface area (Å²) in [6.07, 6.45) is 5.27. The smallest absolute Gasteiger partial charge is 0.249 e. The van der Waals surface area contributed by atoms with Gasteiger partial charge in [0.1, 0.15) is 0 Å². The second-order valence-corrected chi connectivity index (χ2v) is 6.52. The molecule has 1 atom stereocenters. The van der Waals surface area contributed by atoms with Crippen molar-refractivity contribution < 1.29 is 4.79 Å². The fraction of sp³-hybridized carbons (Fsp3) is 0.333. The highest BCUT2D eigenvalue weighted by Crippen LogP contribution is 2.48. The first kappa shape index (κ1) is 13.8. The Morgan fingerprint density at radius 3 is 2.86 bits per heavy atom. The molecule has 1 aromatic carbocycles. The van der Waals surface area contributed by atoms with Gasteiger partial charge in [-0.25, -0.2) is 0 Å². The van der Waals surface area contributed by atoms with Gasteiger partial charge >= 0.3 is 0 Å².